The fraction of sp³-hybridized carbons (Fsp3) is 0.273. The van der Waals surface area contributed by atoms with Gasteiger partial charge in [-0.3, -0.25) is 0 Å². The maximum Gasteiger partial charge on any atom is 0.137 e. The standard InChI is InChI=1S/C11H10N2/c1-9-3-2-4-10(5-9)6-11(7-12)8-13/h2-5,11H,6H2,1H3. The van der Waals surface area contributed by atoms with Gasteiger partial charge in [-0.25, -0.2) is 0 Å². The van der Waals surface area contributed by atoms with Crippen LogP contribution >= 0.6 is 0 Å². The van der Waals surface area contributed by atoms with Gasteiger partial charge in [-0.15, -0.1) is 0 Å². The first-order valence-corrected chi connectivity index (χ1v) is 4.11. The molecule has 0 saturated carbocycles. The zero-order valence-corrected chi connectivity index (χ0v) is 7.49. The Kier molecular flexibility index (Phi) is 3.06. The Bertz CT molecular complexity index is 354. The topological polar surface area (TPSA) is 47.6 Å². The molecule has 64 valence electrons. The maximum absolute atomic E-state index is 8.58. The van der Waals surface area contributed by atoms with Gasteiger partial charge in [0, 0.05) is 6.42 Å². The molecule has 13 heavy (non-hydrogen) atoms. The fourth-order valence-corrected chi connectivity index (χ4v) is 1.19. The molecule has 0 aliphatic heterocycles. The Labute approximate surface area is 78.0 Å². The van der Waals surface area contributed by atoms with Gasteiger partial charge in [0.1, 0.15) is 5.92 Å². The van der Waals surface area contributed by atoms with Crippen LogP contribution in [0.5, 0.6) is 0 Å². The summed E-state index contributed by atoms with van der Waals surface area (Å²) < 4.78 is 0. The van der Waals surface area contributed by atoms with Crippen molar-refractivity contribution in [3.8, 4) is 12.1 Å². The molecule has 0 saturated heterocycles. The number of benzene rings is 1. The quantitative estimate of drug-likeness (QED) is 0.683. The predicted molar refractivity (Wildman–Crippen MR) is 49.6 cm³/mol. The summed E-state index contributed by atoms with van der Waals surface area (Å²) in [6, 6.07) is 11.8. The van der Waals surface area contributed by atoms with E-state index in [1.807, 2.05) is 43.3 Å². The Morgan fingerprint density at radius 3 is 2.54 bits per heavy atom. The number of aryl methyl sites for hydroxylation is 1. The first-order valence-electron chi connectivity index (χ1n) is 4.11. The van der Waals surface area contributed by atoms with Gasteiger partial charge < -0.3 is 0 Å². The molecule has 0 bridgehead atoms. The average Bonchev–Trinajstić information content (AvgIpc) is 2.14. The van der Waals surface area contributed by atoms with E-state index in [0.29, 0.717) is 6.42 Å². The van der Waals surface area contributed by atoms with Crippen molar-refractivity contribution in [2.75, 3.05) is 0 Å². The lowest BCUT2D eigenvalue weighted by atomic mass is 10.0. The molecule has 0 aromatic heterocycles. The van der Waals surface area contributed by atoms with Crippen molar-refractivity contribution >= 4 is 0 Å². The molecule has 0 aliphatic rings. The van der Waals surface area contributed by atoms with E-state index >= 15 is 0 Å². The van der Waals surface area contributed by atoms with Crippen LogP contribution < -0.4 is 0 Å². The van der Waals surface area contributed by atoms with Crippen molar-refractivity contribution < 1.29 is 0 Å². The van der Waals surface area contributed by atoms with E-state index < -0.39 is 5.92 Å². The summed E-state index contributed by atoms with van der Waals surface area (Å²) in [5.74, 6) is -0.526. The molecule has 0 N–H and O–H groups in total. The molecule has 0 radical (unpaired) electrons. The van der Waals surface area contributed by atoms with Crippen molar-refractivity contribution in [1.29, 1.82) is 10.5 Å². The summed E-state index contributed by atoms with van der Waals surface area (Å²) in [5, 5.41) is 17.2. The Hall–Kier alpha value is -1.80. The number of hydrogen-bond donors (Lipinski definition) is 0. The molecule has 2 nitrogen and oxygen atoms in total. The van der Waals surface area contributed by atoms with Crippen LogP contribution in [0.3, 0.4) is 0 Å². The normalized spacial score (nSPS) is 9.23. The van der Waals surface area contributed by atoms with Crippen molar-refractivity contribution in [3.63, 3.8) is 0 Å². The highest BCUT2D eigenvalue weighted by molar-refractivity contribution is 5.24. The minimum absolute atomic E-state index is 0.522. The van der Waals surface area contributed by atoms with Gasteiger partial charge >= 0.3 is 0 Å². The number of hydrogen-bond acceptors (Lipinski definition) is 2. The Morgan fingerprint density at radius 2 is 2.00 bits per heavy atom. The van der Waals surface area contributed by atoms with Gasteiger partial charge in [0.2, 0.25) is 0 Å². The van der Waals surface area contributed by atoms with E-state index in [2.05, 4.69) is 0 Å². The lowest BCUT2D eigenvalue weighted by molar-refractivity contribution is 0.833. The first-order chi connectivity index (χ1) is 6.26. The average molecular weight is 170 g/mol. The molecule has 2 heteroatoms. The second-order valence-electron chi connectivity index (χ2n) is 3.00. The Morgan fingerprint density at radius 1 is 1.31 bits per heavy atom. The summed E-state index contributed by atoms with van der Waals surface area (Å²) in [6.07, 6.45) is 0.522. The van der Waals surface area contributed by atoms with Gasteiger partial charge in [-0.05, 0) is 12.5 Å². The van der Waals surface area contributed by atoms with E-state index in [9.17, 15) is 0 Å². The highest BCUT2D eigenvalue weighted by Gasteiger charge is 2.05. The molecule has 0 heterocycles. The summed E-state index contributed by atoms with van der Waals surface area (Å²) in [6.45, 7) is 2.00. The summed E-state index contributed by atoms with van der Waals surface area (Å²) in [4.78, 5) is 0. The van der Waals surface area contributed by atoms with E-state index in [1.54, 1.807) is 0 Å². The summed E-state index contributed by atoms with van der Waals surface area (Å²) in [7, 11) is 0. The van der Waals surface area contributed by atoms with E-state index in [4.69, 9.17) is 10.5 Å². The predicted octanol–water partition coefficient (Wildman–Crippen LogP) is 2.20. The smallest absolute Gasteiger partial charge is 0.137 e. The monoisotopic (exact) mass is 170 g/mol. The van der Waals surface area contributed by atoms with Gasteiger partial charge in [0.05, 0.1) is 12.1 Å². The molecular weight excluding hydrogens is 160 g/mol. The molecule has 1 aromatic carbocycles. The van der Waals surface area contributed by atoms with Crippen molar-refractivity contribution in [3.05, 3.63) is 35.4 Å². The highest BCUT2D eigenvalue weighted by atomic mass is 14.3. The highest BCUT2D eigenvalue weighted by Crippen LogP contribution is 2.09. The number of nitrogens with zero attached hydrogens (tertiary/aromatic N) is 2. The third kappa shape index (κ3) is 2.61. The third-order valence-corrected chi connectivity index (χ3v) is 1.83. The van der Waals surface area contributed by atoms with Gasteiger partial charge in [-0.2, -0.15) is 10.5 Å². The molecule has 0 fully saturated rings. The minimum atomic E-state index is -0.526. The molecule has 0 unspecified atom stereocenters. The third-order valence-electron chi connectivity index (χ3n) is 1.83. The van der Waals surface area contributed by atoms with Gasteiger partial charge in [-0.1, -0.05) is 29.8 Å². The molecule has 0 amide bonds. The SMILES string of the molecule is Cc1cccc(CC(C#N)C#N)c1. The van der Waals surface area contributed by atoms with Crippen LogP contribution in [-0.2, 0) is 6.42 Å². The van der Waals surface area contributed by atoms with Crippen LogP contribution in [-0.4, -0.2) is 0 Å². The zero-order chi connectivity index (χ0) is 9.68. The van der Waals surface area contributed by atoms with E-state index in [0.717, 1.165) is 11.1 Å². The van der Waals surface area contributed by atoms with Crippen molar-refractivity contribution in [1.82, 2.24) is 0 Å². The van der Waals surface area contributed by atoms with Crippen LogP contribution in [0.1, 0.15) is 11.1 Å². The van der Waals surface area contributed by atoms with E-state index in [-0.39, 0.29) is 0 Å². The molecule has 1 rings (SSSR count). The van der Waals surface area contributed by atoms with Crippen LogP contribution in [0.4, 0.5) is 0 Å². The summed E-state index contributed by atoms with van der Waals surface area (Å²) >= 11 is 0. The number of nitriles is 2. The van der Waals surface area contributed by atoms with Crippen molar-refractivity contribution in [2.24, 2.45) is 5.92 Å². The van der Waals surface area contributed by atoms with Crippen LogP contribution in [0.25, 0.3) is 0 Å². The molecule has 0 atom stereocenters. The first kappa shape index (κ1) is 9.29. The van der Waals surface area contributed by atoms with E-state index in [1.165, 1.54) is 0 Å². The van der Waals surface area contributed by atoms with Gasteiger partial charge in [0.25, 0.3) is 0 Å². The maximum atomic E-state index is 8.58. The fourth-order valence-electron chi connectivity index (χ4n) is 1.19. The lowest BCUT2D eigenvalue weighted by Gasteiger charge is -2.01. The Balaban J connectivity index is 2.76. The van der Waals surface area contributed by atoms with Crippen LogP contribution in [0.2, 0.25) is 0 Å². The molecule has 0 aliphatic carbocycles. The van der Waals surface area contributed by atoms with Crippen LogP contribution in [0, 0.1) is 35.5 Å². The second kappa shape index (κ2) is 4.28. The lowest BCUT2D eigenvalue weighted by Crippen LogP contribution is -1.98. The zero-order valence-electron chi connectivity index (χ0n) is 7.49. The molecule has 1 aromatic rings. The van der Waals surface area contributed by atoms with Crippen LogP contribution in [0.15, 0.2) is 24.3 Å². The summed E-state index contributed by atoms with van der Waals surface area (Å²) in [5.41, 5.74) is 2.21. The number of rotatable bonds is 2. The molecular formula is C11H10N2. The minimum Gasteiger partial charge on any atom is -0.197 e. The second-order valence-corrected chi connectivity index (χ2v) is 3.00. The van der Waals surface area contributed by atoms with Gasteiger partial charge in [0.15, 0.2) is 0 Å². The largest absolute Gasteiger partial charge is 0.197 e. The van der Waals surface area contributed by atoms with Crippen molar-refractivity contribution in [2.45, 2.75) is 13.3 Å². The molecule has 0 spiro atoms.